The van der Waals surface area contributed by atoms with Gasteiger partial charge in [0.25, 0.3) is 0 Å². The topological polar surface area (TPSA) is 20.2 Å². The van der Waals surface area contributed by atoms with E-state index in [4.69, 9.17) is 0 Å². The van der Waals surface area contributed by atoms with Crippen molar-refractivity contribution in [2.24, 2.45) is 11.3 Å². The Bertz CT molecular complexity index is 193. The first-order valence-electron chi connectivity index (χ1n) is 4.06. The predicted molar refractivity (Wildman–Crippen MR) is 47.4 cm³/mol. The zero-order valence-corrected chi connectivity index (χ0v) is 7.46. The lowest BCUT2D eigenvalue weighted by Gasteiger charge is -2.29. The summed E-state index contributed by atoms with van der Waals surface area (Å²) in [6, 6.07) is 0. The van der Waals surface area contributed by atoms with E-state index in [9.17, 15) is 5.11 Å². The molecular weight excluding hydrogens is 136 g/mol. The normalized spacial score (nSPS) is 25.0. The predicted octanol–water partition coefficient (Wildman–Crippen LogP) is 3.05. The molecule has 0 saturated heterocycles. The van der Waals surface area contributed by atoms with Gasteiger partial charge in [-0.15, -0.1) is 0 Å². The van der Waals surface area contributed by atoms with Gasteiger partial charge >= 0.3 is 0 Å². The Kier molecular flexibility index (Phi) is 2.08. The van der Waals surface area contributed by atoms with Crippen LogP contribution in [0.1, 0.15) is 27.2 Å². The number of hydrogen-bond acceptors (Lipinski definition) is 1. The van der Waals surface area contributed by atoms with Gasteiger partial charge in [0.15, 0.2) is 0 Å². The molecule has 0 radical (unpaired) electrons. The van der Waals surface area contributed by atoms with Crippen molar-refractivity contribution in [3.05, 3.63) is 24.0 Å². The van der Waals surface area contributed by atoms with Crippen molar-refractivity contribution >= 4 is 0 Å². The zero-order valence-electron chi connectivity index (χ0n) is 7.46. The lowest BCUT2D eigenvalue weighted by atomic mass is 9.77. The van der Waals surface area contributed by atoms with Crippen molar-refractivity contribution in [3.63, 3.8) is 0 Å². The Morgan fingerprint density at radius 1 is 1.45 bits per heavy atom. The first-order chi connectivity index (χ1) is 5.00. The maximum absolute atomic E-state index is 9.25. The SMILES string of the molecule is CC(C)(C)C1C=CC=C(O)C1. The Morgan fingerprint density at radius 2 is 2.09 bits per heavy atom. The van der Waals surface area contributed by atoms with Crippen LogP contribution >= 0.6 is 0 Å². The summed E-state index contributed by atoms with van der Waals surface area (Å²) in [6.45, 7) is 6.59. The van der Waals surface area contributed by atoms with Crippen LogP contribution in [0, 0.1) is 11.3 Å². The second kappa shape index (κ2) is 2.72. The molecule has 0 aromatic heterocycles. The largest absolute Gasteiger partial charge is 0.512 e. The molecule has 0 spiro atoms. The molecule has 1 heteroatoms. The molecule has 0 fully saturated rings. The summed E-state index contributed by atoms with van der Waals surface area (Å²) in [5.41, 5.74) is 0.263. The van der Waals surface area contributed by atoms with E-state index in [1.807, 2.05) is 6.08 Å². The second-order valence-electron chi connectivity index (χ2n) is 4.22. The van der Waals surface area contributed by atoms with E-state index >= 15 is 0 Å². The minimum absolute atomic E-state index is 0.263. The fourth-order valence-corrected chi connectivity index (χ4v) is 1.26. The number of aliphatic hydroxyl groups excluding tert-OH is 1. The van der Waals surface area contributed by atoms with Crippen LogP contribution in [0.5, 0.6) is 0 Å². The summed E-state index contributed by atoms with van der Waals surface area (Å²) in [5, 5.41) is 9.25. The minimum Gasteiger partial charge on any atom is -0.512 e. The molecule has 1 atom stereocenters. The molecule has 0 aromatic rings. The number of rotatable bonds is 0. The molecule has 0 amide bonds. The summed E-state index contributed by atoms with van der Waals surface area (Å²) in [6.07, 6.45) is 6.66. The molecule has 1 N–H and O–H groups in total. The van der Waals surface area contributed by atoms with Crippen LogP contribution in [0.2, 0.25) is 0 Å². The van der Waals surface area contributed by atoms with Gasteiger partial charge in [-0.3, -0.25) is 0 Å². The highest BCUT2D eigenvalue weighted by atomic mass is 16.3. The molecular formula is C10H16O. The van der Waals surface area contributed by atoms with Gasteiger partial charge in [-0.05, 0) is 17.4 Å². The van der Waals surface area contributed by atoms with Gasteiger partial charge in [0.1, 0.15) is 0 Å². The Labute approximate surface area is 68.4 Å². The van der Waals surface area contributed by atoms with Gasteiger partial charge in [0.05, 0.1) is 5.76 Å². The number of hydrogen-bond donors (Lipinski definition) is 1. The van der Waals surface area contributed by atoms with Crippen molar-refractivity contribution in [2.75, 3.05) is 0 Å². The number of allylic oxidation sites excluding steroid dienone is 4. The Balaban J connectivity index is 2.67. The molecule has 0 aliphatic heterocycles. The van der Waals surface area contributed by atoms with Crippen molar-refractivity contribution in [1.29, 1.82) is 0 Å². The van der Waals surface area contributed by atoms with E-state index in [-0.39, 0.29) is 5.41 Å². The van der Waals surface area contributed by atoms with Crippen LogP contribution in [0.3, 0.4) is 0 Å². The highest BCUT2D eigenvalue weighted by molar-refractivity contribution is 5.16. The van der Waals surface area contributed by atoms with E-state index in [0.717, 1.165) is 6.42 Å². The molecule has 1 nitrogen and oxygen atoms in total. The maximum atomic E-state index is 9.25. The Hall–Kier alpha value is -0.720. The molecule has 1 aliphatic carbocycles. The Morgan fingerprint density at radius 3 is 2.45 bits per heavy atom. The molecule has 0 aromatic carbocycles. The first kappa shape index (κ1) is 8.38. The minimum atomic E-state index is 0.263. The smallest absolute Gasteiger partial charge is 0.0928 e. The van der Waals surface area contributed by atoms with E-state index in [1.165, 1.54) is 0 Å². The molecule has 1 aliphatic rings. The third-order valence-electron chi connectivity index (χ3n) is 2.17. The quantitative estimate of drug-likeness (QED) is 0.565. The van der Waals surface area contributed by atoms with Crippen LogP contribution in [-0.2, 0) is 0 Å². The lowest BCUT2D eigenvalue weighted by Crippen LogP contribution is -2.20. The van der Waals surface area contributed by atoms with E-state index in [1.54, 1.807) is 6.08 Å². The van der Waals surface area contributed by atoms with Crippen LogP contribution in [-0.4, -0.2) is 5.11 Å². The first-order valence-corrected chi connectivity index (χ1v) is 4.06. The van der Waals surface area contributed by atoms with E-state index < -0.39 is 0 Å². The average Bonchev–Trinajstić information content (AvgIpc) is 1.86. The summed E-state index contributed by atoms with van der Waals surface area (Å²) in [4.78, 5) is 0. The monoisotopic (exact) mass is 152 g/mol. The van der Waals surface area contributed by atoms with Crippen molar-refractivity contribution in [2.45, 2.75) is 27.2 Å². The maximum Gasteiger partial charge on any atom is 0.0928 e. The lowest BCUT2D eigenvalue weighted by molar-refractivity contribution is 0.253. The van der Waals surface area contributed by atoms with Crippen LogP contribution in [0.15, 0.2) is 24.0 Å². The van der Waals surface area contributed by atoms with Gasteiger partial charge < -0.3 is 5.11 Å². The van der Waals surface area contributed by atoms with Crippen molar-refractivity contribution < 1.29 is 5.11 Å². The molecule has 11 heavy (non-hydrogen) atoms. The van der Waals surface area contributed by atoms with Gasteiger partial charge in [0, 0.05) is 6.42 Å². The van der Waals surface area contributed by atoms with Crippen molar-refractivity contribution in [1.82, 2.24) is 0 Å². The van der Waals surface area contributed by atoms with Crippen LogP contribution in [0.25, 0.3) is 0 Å². The van der Waals surface area contributed by atoms with Crippen molar-refractivity contribution in [3.8, 4) is 0 Å². The van der Waals surface area contributed by atoms with Gasteiger partial charge in [-0.1, -0.05) is 32.9 Å². The molecule has 0 heterocycles. The van der Waals surface area contributed by atoms with Crippen LogP contribution in [0.4, 0.5) is 0 Å². The molecule has 62 valence electrons. The average molecular weight is 152 g/mol. The summed E-state index contributed by atoms with van der Waals surface area (Å²) < 4.78 is 0. The standard InChI is InChI=1S/C10H16O/c1-10(2,3)8-5-4-6-9(11)7-8/h4-6,8,11H,7H2,1-3H3. The molecule has 0 saturated carbocycles. The molecule has 0 bridgehead atoms. The second-order valence-corrected chi connectivity index (χ2v) is 4.22. The fourth-order valence-electron chi connectivity index (χ4n) is 1.26. The number of aliphatic hydroxyl groups is 1. The highest BCUT2D eigenvalue weighted by Crippen LogP contribution is 2.33. The van der Waals surface area contributed by atoms with Gasteiger partial charge in [0.2, 0.25) is 0 Å². The summed E-state index contributed by atoms with van der Waals surface area (Å²) >= 11 is 0. The fraction of sp³-hybridized carbons (Fsp3) is 0.600. The zero-order chi connectivity index (χ0) is 8.48. The third kappa shape index (κ3) is 2.11. The molecule has 1 rings (SSSR count). The molecule has 1 unspecified atom stereocenters. The van der Waals surface area contributed by atoms with Gasteiger partial charge in [-0.25, -0.2) is 0 Å². The van der Waals surface area contributed by atoms with E-state index in [2.05, 4.69) is 26.8 Å². The van der Waals surface area contributed by atoms with Crippen LogP contribution < -0.4 is 0 Å². The highest BCUT2D eigenvalue weighted by Gasteiger charge is 2.24. The van der Waals surface area contributed by atoms with E-state index in [0.29, 0.717) is 11.7 Å². The third-order valence-corrected chi connectivity index (χ3v) is 2.17. The van der Waals surface area contributed by atoms with Gasteiger partial charge in [-0.2, -0.15) is 0 Å². The summed E-state index contributed by atoms with van der Waals surface area (Å²) in [7, 11) is 0. The summed E-state index contributed by atoms with van der Waals surface area (Å²) in [5.74, 6) is 0.986.